The number of allylic oxidation sites excluding steroid dienone is 1. The van der Waals surface area contributed by atoms with Gasteiger partial charge in [0.25, 0.3) is 5.56 Å². The summed E-state index contributed by atoms with van der Waals surface area (Å²) in [5, 5.41) is 9.47. The van der Waals surface area contributed by atoms with Gasteiger partial charge in [-0.25, -0.2) is 9.79 Å². The summed E-state index contributed by atoms with van der Waals surface area (Å²) in [5.74, 6) is 0.414. The zero-order valence-corrected chi connectivity index (χ0v) is 23.6. The molecular weight excluding hydrogens is 538 g/mol. The predicted molar refractivity (Wildman–Crippen MR) is 155 cm³/mol. The van der Waals surface area contributed by atoms with E-state index in [1.165, 1.54) is 18.4 Å². The highest BCUT2D eigenvalue weighted by Gasteiger charge is 2.33. The summed E-state index contributed by atoms with van der Waals surface area (Å²) >= 11 is 1.24. The number of benzene rings is 3. The van der Waals surface area contributed by atoms with E-state index in [1.54, 1.807) is 36.0 Å². The van der Waals surface area contributed by atoms with Crippen molar-refractivity contribution in [2.45, 2.75) is 26.0 Å². The number of carbonyl (C=O) groups is 1. The zero-order valence-electron chi connectivity index (χ0n) is 22.8. The average Bonchev–Trinajstić information content (AvgIpc) is 3.33. The number of esters is 1. The van der Waals surface area contributed by atoms with Gasteiger partial charge in [-0.05, 0) is 30.2 Å². The van der Waals surface area contributed by atoms with Crippen molar-refractivity contribution in [3.05, 3.63) is 126 Å². The van der Waals surface area contributed by atoms with Gasteiger partial charge in [-0.1, -0.05) is 78.9 Å². The van der Waals surface area contributed by atoms with Crippen LogP contribution < -0.4 is 24.4 Å². The van der Waals surface area contributed by atoms with Gasteiger partial charge in [0.15, 0.2) is 16.3 Å². The van der Waals surface area contributed by atoms with Crippen LogP contribution in [0.2, 0.25) is 0 Å². The zero-order chi connectivity index (χ0) is 28.9. The topological polar surface area (TPSA) is 103 Å². The molecule has 8 nitrogen and oxygen atoms in total. The first kappa shape index (κ1) is 27.6. The molecule has 0 saturated heterocycles. The fraction of sp³-hybridized carbons (Fsp3) is 0.188. The van der Waals surface area contributed by atoms with Gasteiger partial charge in [0.05, 0.1) is 47.7 Å². The molecule has 4 aromatic rings. The largest absolute Gasteiger partial charge is 0.493 e. The number of methoxy groups -OCH3 is 2. The van der Waals surface area contributed by atoms with Crippen LogP contribution in [0.5, 0.6) is 11.5 Å². The molecule has 2 heterocycles. The van der Waals surface area contributed by atoms with Gasteiger partial charge in [0, 0.05) is 11.1 Å². The van der Waals surface area contributed by atoms with Crippen molar-refractivity contribution in [1.29, 1.82) is 5.26 Å². The number of hydrogen-bond acceptors (Lipinski definition) is 8. The van der Waals surface area contributed by atoms with Gasteiger partial charge >= 0.3 is 5.97 Å². The Kier molecular flexibility index (Phi) is 8.13. The Hall–Kier alpha value is -4.94. The molecule has 1 atom stereocenters. The molecule has 0 radical (unpaired) electrons. The molecule has 0 amide bonds. The number of aromatic nitrogens is 1. The lowest BCUT2D eigenvalue weighted by Gasteiger charge is -2.25. The summed E-state index contributed by atoms with van der Waals surface area (Å²) in [4.78, 5) is 32.2. The molecular formula is C32H27N3O5S. The number of carbonyl (C=O) groups excluding carboxylic acids is 1. The monoisotopic (exact) mass is 565 g/mol. The molecule has 1 aliphatic heterocycles. The quantitative estimate of drug-likeness (QED) is 0.296. The van der Waals surface area contributed by atoms with Crippen molar-refractivity contribution in [1.82, 2.24) is 4.57 Å². The van der Waals surface area contributed by atoms with Crippen LogP contribution >= 0.6 is 11.3 Å². The van der Waals surface area contributed by atoms with Crippen molar-refractivity contribution >= 4 is 23.4 Å². The smallest absolute Gasteiger partial charge is 0.338 e. The van der Waals surface area contributed by atoms with Crippen LogP contribution in [0.4, 0.5) is 0 Å². The maximum absolute atomic E-state index is 14.0. The lowest BCUT2D eigenvalue weighted by atomic mass is 9.95. The number of para-hydroxylation sites is 1. The summed E-state index contributed by atoms with van der Waals surface area (Å²) in [6.45, 7) is 2.06. The van der Waals surface area contributed by atoms with E-state index >= 15 is 0 Å². The van der Waals surface area contributed by atoms with Gasteiger partial charge in [-0.2, -0.15) is 5.26 Å². The van der Waals surface area contributed by atoms with Crippen LogP contribution in [0, 0.1) is 11.3 Å². The van der Waals surface area contributed by atoms with Crippen LogP contribution in [-0.4, -0.2) is 24.8 Å². The van der Waals surface area contributed by atoms with Gasteiger partial charge in [0.1, 0.15) is 6.61 Å². The van der Waals surface area contributed by atoms with Crippen LogP contribution in [0.25, 0.3) is 6.08 Å². The van der Waals surface area contributed by atoms with E-state index in [1.807, 2.05) is 61.5 Å². The number of rotatable bonds is 8. The summed E-state index contributed by atoms with van der Waals surface area (Å²) in [7, 11) is 2.87. The molecule has 0 aliphatic carbocycles. The van der Waals surface area contributed by atoms with Gasteiger partial charge in [-0.15, -0.1) is 0 Å². The van der Waals surface area contributed by atoms with Crippen LogP contribution in [-0.2, 0) is 16.1 Å². The van der Waals surface area contributed by atoms with Crippen LogP contribution in [0.3, 0.4) is 0 Å². The molecule has 1 aliphatic rings. The van der Waals surface area contributed by atoms with E-state index in [0.717, 1.165) is 11.1 Å². The number of fused-ring (bicyclic) bond motifs is 1. The molecule has 5 rings (SSSR count). The van der Waals surface area contributed by atoms with Crippen molar-refractivity contribution in [2.75, 3.05) is 14.2 Å². The molecule has 0 N–H and O–H groups in total. The Morgan fingerprint density at radius 1 is 1.07 bits per heavy atom. The number of thiazole rings is 1. The number of hydrogen-bond donors (Lipinski definition) is 0. The first-order valence-corrected chi connectivity index (χ1v) is 13.8. The highest BCUT2D eigenvalue weighted by atomic mass is 32.1. The Bertz CT molecular complexity index is 1870. The van der Waals surface area contributed by atoms with E-state index in [4.69, 9.17) is 19.2 Å². The molecule has 0 spiro atoms. The fourth-order valence-electron chi connectivity index (χ4n) is 4.82. The van der Waals surface area contributed by atoms with Gasteiger partial charge < -0.3 is 14.2 Å². The van der Waals surface area contributed by atoms with Crippen molar-refractivity contribution < 1.29 is 19.0 Å². The van der Waals surface area contributed by atoms with Crippen LogP contribution in [0.15, 0.2) is 93.9 Å². The van der Waals surface area contributed by atoms with Crippen LogP contribution in [0.1, 0.15) is 41.6 Å². The maximum atomic E-state index is 14.0. The molecule has 0 fully saturated rings. The van der Waals surface area contributed by atoms with E-state index in [-0.39, 0.29) is 12.2 Å². The molecule has 0 saturated carbocycles. The Morgan fingerprint density at radius 3 is 2.54 bits per heavy atom. The van der Waals surface area contributed by atoms with E-state index in [0.29, 0.717) is 49.7 Å². The minimum absolute atomic E-state index is 0.141. The highest BCUT2D eigenvalue weighted by Crippen LogP contribution is 2.34. The second-order valence-corrected chi connectivity index (χ2v) is 10.1. The number of nitriles is 1. The summed E-state index contributed by atoms with van der Waals surface area (Å²) in [5.41, 5.74) is 3.30. The molecule has 0 unspecified atom stereocenters. The standard InChI is InChI=1S/C32H27N3O5S/c1-4-24-27(31(37)39-3)28(20-11-6-5-7-12-20)35-30(36)26(41-32(35)34-24)17-21-15-10-16-25(38-2)29(21)40-19-23-14-9-8-13-22(23)18-33/h5-17,28H,4,19H2,1-3H3/b26-17+/t28-/m1/s1. The molecule has 1 aromatic heterocycles. The number of nitrogens with zero attached hydrogens (tertiary/aromatic N) is 3. The minimum atomic E-state index is -0.680. The third kappa shape index (κ3) is 5.30. The molecule has 206 valence electrons. The van der Waals surface area contributed by atoms with Crippen molar-refractivity contribution in [2.24, 2.45) is 4.99 Å². The highest BCUT2D eigenvalue weighted by molar-refractivity contribution is 7.07. The third-order valence-electron chi connectivity index (χ3n) is 6.79. The molecule has 3 aromatic carbocycles. The first-order valence-electron chi connectivity index (χ1n) is 13.0. The average molecular weight is 566 g/mol. The fourth-order valence-corrected chi connectivity index (χ4v) is 5.83. The Balaban J connectivity index is 1.66. The van der Waals surface area contributed by atoms with Gasteiger partial charge in [-0.3, -0.25) is 9.36 Å². The first-order chi connectivity index (χ1) is 20.0. The lowest BCUT2D eigenvalue weighted by Crippen LogP contribution is -2.40. The van der Waals surface area contributed by atoms with E-state index in [9.17, 15) is 14.9 Å². The second kappa shape index (κ2) is 12.1. The summed E-state index contributed by atoms with van der Waals surface area (Å²) < 4.78 is 18.9. The minimum Gasteiger partial charge on any atom is -0.493 e. The Labute approximate surface area is 240 Å². The lowest BCUT2D eigenvalue weighted by molar-refractivity contribution is -0.136. The summed E-state index contributed by atoms with van der Waals surface area (Å²) in [6, 6.07) is 23.5. The van der Waals surface area contributed by atoms with Gasteiger partial charge in [0.2, 0.25) is 0 Å². The van der Waals surface area contributed by atoms with E-state index in [2.05, 4.69) is 6.07 Å². The molecule has 41 heavy (non-hydrogen) atoms. The second-order valence-electron chi connectivity index (χ2n) is 9.14. The third-order valence-corrected chi connectivity index (χ3v) is 7.77. The normalized spacial score (nSPS) is 14.6. The predicted octanol–water partition coefficient (Wildman–Crippen LogP) is 4.26. The van der Waals surface area contributed by atoms with E-state index < -0.39 is 12.0 Å². The molecule has 9 heteroatoms. The van der Waals surface area contributed by atoms with Crippen molar-refractivity contribution in [3.63, 3.8) is 0 Å². The van der Waals surface area contributed by atoms with Crippen molar-refractivity contribution in [3.8, 4) is 17.6 Å². The number of ether oxygens (including phenoxy) is 3. The molecule has 0 bridgehead atoms. The summed E-state index contributed by atoms with van der Waals surface area (Å²) in [6.07, 6.45) is 2.24. The maximum Gasteiger partial charge on any atom is 0.338 e. The SMILES string of the molecule is CCC1=C(C(=O)OC)[C@@H](c2ccccc2)n2c(s/c(=C/c3cccc(OC)c3OCc3ccccc3C#N)c2=O)=N1. The Morgan fingerprint density at radius 2 is 1.83 bits per heavy atom.